The lowest BCUT2D eigenvalue weighted by molar-refractivity contribution is -0.125. The van der Waals surface area contributed by atoms with E-state index in [0.717, 1.165) is 28.8 Å². The van der Waals surface area contributed by atoms with Crippen molar-refractivity contribution in [2.24, 2.45) is 0 Å². The standard InChI is InChI=1S/C19H19NO3/c1-3-13-9-6-7-12(2)17(13)20-18(21)16-11-14-8-4-5-10-15(14)19(22)23-16/h4-10,16H,3,11H2,1-2H3,(H,20,21). The molecule has 1 atom stereocenters. The van der Waals surface area contributed by atoms with Gasteiger partial charge in [-0.15, -0.1) is 0 Å². The van der Waals surface area contributed by atoms with E-state index in [1.807, 2.05) is 44.2 Å². The molecule has 4 nitrogen and oxygen atoms in total. The largest absolute Gasteiger partial charge is 0.448 e. The lowest BCUT2D eigenvalue weighted by Gasteiger charge is -2.24. The molecule has 0 aliphatic carbocycles. The Kier molecular flexibility index (Phi) is 4.15. The number of anilines is 1. The van der Waals surface area contributed by atoms with Crippen LogP contribution in [0.15, 0.2) is 42.5 Å². The van der Waals surface area contributed by atoms with E-state index in [2.05, 4.69) is 5.32 Å². The topological polar surface area (TPSA) is 55.4 Å². The highest BCUT2D eigenvalue weighted by Gasteiger charge is 2.31. The maximum absolute atomic E-state index is 12.6. The molecule has 1 heterocycles. The zero-order valence-corrected chi connectivity index (χ0v) is 13.3. The number of ether oxygens (including phenoxy) is 1. The Labute approximate surface area is 135 Å². The smallest absolute Gasteiger partial charge is 0.339 e. The first-order valence-electron chi connectivity index (χ1n) is 7.78. The van der Waals surface area contributed by atoms with Gasteiger partial charge in [-0.05, 0) is 36.1 Å². The van der Waals surface area contributed by atoms with Crippen molar-refractivity contribution in [3.05, 3.63) is 64.7 Å². The van der Waals surface area contributed by atoms with Crippen molar-refractivity contribution in [3.8, 4) is 0 Å². The van der Waals surface area contributed by atoms with Crippen LogP contribution in [0.2, 0.25) is 0 Å². The highest BCUT2D eigenvalue weighted by molar-refractivity contribution is 6.00. The SMILES string of the molecule is CCc1cccc(C)c1NC(=O)C1Cc2ccccc2C(=O)O1. The number of benzene rings is 2. The Morgan fingerprint density at radius 2 is 2.00 bits per heavy atom. The van der Waals surface area contributed by atoms with Crippen LogP contribution in [0.25, 0.3) is 0 Å². The van der Waals surface area contributed by atoms with E-state index in [0.29, 0.717) is 12.0 Å². The van der Waals surface area contributed by atoms with Crippen molar-refractivity contribution < 1.29 is 14.3 Å². The molecule has 2 aromatic carbocycles. The van der Waals surface area contributed by atoms with E-state index < -0.39 is 12.1 Å². The number of hydrogen-bond acceptors (Lipinski definition) is 3. The van der Waals surface area contributed by atoms with Crippen molar-refractivity contribution >= 4 is 17.6 Å². The molecule has 1 aliphatic heterocycles. The number of carbonyl (C=O) groups is 2. The fourth-order valence-electron chi connectivity index (χ4n) is 2.88. The minimum absolute atomic E-state index is 0.281. The number of cyclic esters (lactones) is 1. The maximum atomic E-state index is 12.6. The summed E-state index contributed by atoms with van der Waals surface area (Å²) in [6.45, 7) is 4.00. The van der Waals surface area contributed by atoms with Crippen LogP contribution in [0.4, 0.5) is 5.69 Å². The molecule has 0 radical (unpaired) electrons. The summed E-state index contributed by atoms with van der Waals surface area (Å²) >= 11 is 0. The average molecular weight is 309 g/mol. The third kappa shape index (κ3) is 2.97. The summed E-state index contributed by atoms with van der Waals surface area (Å²) in [5.41, 5.74) is 4.28. The molecule has 0 bridgehead atoms. The number of carbonyl (C=O) groups excluding carboxylic acids is 2. The second-order valence-corrected chi connectivity index (χ2v) is 5.71. The number of para-hydroxylation sites is 1. The number of amides is 1. The Morgan fingerprint density at radius 1 is 1.22 bits per heavy atom. The number of esters is 1. The minimum Gasteiger partial charge on any atom is -0.448 e. The molecule has 1 N–H and O–H groups in total. The molecule has 2 aromatic rings. The van der Waals surface area contributed by atoms with Crippen LogP contribution in [-0.2, 0) is 22.4 Å². The molecule has 118 valence electrons. The van der Waals surface area contributed by atoms with Crippen molar-refractivity contribution in [1.29, 1.82) is 0 Å². The van der Waals surface area contributed by atoms with Crippen LogP contribution < -0.4 is 5.32 Å². The second kappa shape index (κ2) is 6.24. The first kappa shape index (κ1) is 15.3. The Balaban J connectivity index is 1.82. The fraction of sp³-hybridized carbons (Fsp3) is 0.263. The summed E-state index contributed by atoms with van der Waals surface area (Å²) in [7, 11) is 0. The van der Waals surface area contributed by atoms with Gasteiger partial charge in [-0.1, -0.05) is 43.3 Å². The van der Waals surface area contributed by atoms with Gasteiger partial charge in [0.25, 0.3) is 5.91 Å². The van der Waals surface area contributed by atoms with Gasteiger partial charge in [0.15, 0.2) is 6.10 Å². The van der Waals surface area contributed by atoms with Crippen LogP contribution >= 0.6 is 0 Å². The zero-order valence-electron chi connectivity index (χ0n) is 13.3. The highest BCUT2D eigenvalue weighted by atomic mass is 16.5. The molecular weight excluding hydrogens is 290 g/mol. The lowest BCUT2D eigenvalue weighted by Crippen LogP contribution is -2.38. The van der Waals surface area contributed by atoms with Crippen LogP contribution in [-0.4, -0.2) is 18.0 Å². The summed E-state index contributed by atoms with van der Waals surface area (Å²) in [4.78, 5) is 24.6. The summed E-state index contributed by atoms with van der Waals surface area (Å²) in [6.07, 6.45) is 0.438. The average Bonchev–Trinajstić information content (AvgIpc) is 2.56. The van der Waals surface area contributed by atoms with E-state index in [4.69, 9.17) is 4.74 Å². The monoisotopic (exact) mass is 309 g/mol. The van der Waals surface area contributed by atoms with Gasteiger partial charge in [-0.3, -0.25) is 4.79 Å². The zero-order chi connectivity index (χ0) is 16.4. The van der Waals surface area contributed by atoms with Crippen LogP contribution in [0.3, 0.4) is 0 Å². The molecule has 0 aromatic heterocycles. The summed E-state index contributed by atoms with van der Waals surface area (Å²) < 4.78 is 5.31. The molecule has 0 saturated heterocycles. The molecular formula is C19H19NO3. The minimum atomic E-state index is -0.790. The number of fused-ring (bicyclic) bond motifs is 1. The van der Waals surface area contributed by atoms with Crippen LogP contribution in [0, 0.1) is 6.92 Å². The van der Waals surface area contributed by atoms with Gasteiger partial charge in [0.05, 0.1) is 5.56 Å². The van der Waals surface area contributed by atoms with Gasteiger partial charge in [0.2, 0.25) is 0 Å². The first-order valence-corrected chi connectivity index (χ1v) is 7.78. The Morgan fingerprint density at radius 3 is 2.78 bits per heavy atom. The van der Waals surface area contributed by atoms with Crippen LogP contribution in [0.1, 0.15) is 34.0 Å². The highest BCUT2D eigenvalue weighted by Crippen LogP contribution is 2.24. The number of hydrogen-bond donors (Lipinski definition) is 1. The maximum Gasteiger partial charge on any atom is 0.339 e. The molecule has 1 unspecified atom stereocenters. The number of nitrogens with one attached hydrogen (secondary N) is 1. The van der Waals surface area contributed by atoms with E-state index in [1.165, 1.54) is 0 Å². The molecule has 1 amide bonds. The summed E-state index contributed by atoms with van der Waals surface area (Å²) in [6, 6.07) is 13.2. The molecule has 4 heteroatoms. The van der Waals surface area contributed by atoms with Gasteiger partial charge in [-0.2, -0.15) is 0 Å². The summed E-state index contributed by atoms with van der Waals surface area (Å²) in [5.74, 6) is -0.718. The van der Waals surface area contributed by atoms with E-state index in [-0.39, 0.29) is 5.91 Å². The normalized spacial score (nSPS) is 16.4. The van der Waals surface area contributed by atoms with Gasteiger partial charge in [-0.25, -0.2) is 4.79 Å². The molecule has 0 saturated carbocycles. The Bertz CT molecular complexity index is 767. The fourth-order valence-corrected chi connectivity index (χ4v) is 2.88. The quantitative estimate of drug-likeness (QED) is 0.885. The number of rotatable bonds is 3. The van der Waals surface area contributed by atoms with Crippen LogP contribution in [0.5, 0.6) is 0 Å². The third-order valence-corrected chi connectivity index (χ3v) is 4.17. The molecule has 0 spiro atoms. The predicted octanol–water partition coefficient (Wildman–Crippen LogP) is 3.28. The second-order valence-electron chi connectivity index (χ2n) is 5.71. The van der Waals surface area contributed by atoms with Gasteiger partial charge >= 0.3 is 5.97 Å². The Hall–Kier alpha value is -2.62. The van der Waals surface area contributed by atoms with Crippen molar-refractivity contribution in [2.45, 2.75) is 32.8 Å². The molecule has 0 fully saturated rings. The molecule has 1 aliphatic rings. The third-order valence-electron chi connectivity index (χ3n) is 4.17. The van der Waals surface area contributed by atoms with Crippen molar-refractivity contribution in [3.63, 3.8) is 0 Å². The number of aryl methyl sites for hydroxylation is 2. The molecule has 3 rings (SSSR count). The van der Waals surface area contributed by atoms with Gasteiger partial charge in [0, 0.05) is 12.1 Å². The lowest BCUT2D eigenvalue weighted by atomic mass is 9.98. The van der Waals surface area contributed by atoms with Gasteiger partial charge in [0.1, 0.15) is 0 Å². The van der Waals surface area contributed by atoms with E-state index in [1.54, 1.807) is 12.1 Å². The first-order chi connectivity index (χ1) is 11.1. The van der Waals surface area contributed by atoms with Gasteiger partial charge < -0.3 is 10.1 Å². The summed E-state index contributed by atoms with van der Waals surface area (Å²) in [5, 5.41) is 2.93. The predicted molar refractivity (Wildman–Crippen MR) is 88.5 cm³/mol. The molecule has 23 heavy (non-hydrogen) atoms. The van der Waals surface area contributed by atoms with Crippen molar-refractivity contribution in [1.82, 2.24) is 0 Å². The van der Waals surface area contributed by atoms with Crippen molar-refractivity contribution in [2.75, 3.05) is 5.32 Å². The van der Waals surface area contributed by atoms with E-state index in [9.17, 15) is 9.59 Å². The van der Waals surface area contributed by atoms with E-state index >= 15 is 0 Å².